The van der Waals surface area contributed by atoms with Crippen molar-refractivity contribution in [1.29, 1.82) is 0 Å². The van der Waals surface area contributed by atoms with Crippen molar-refractivity contribution < 1.29 is 4.52 Å². The third-order valence-corrected chi connectivity index (χ3v) is 2.91. The predicted octanol–water partition coefficient (Wildman–Crippen LogP) is 3.57. The SMILES string of the molecule is CCC(NCc1ccno1)c1cccc(Cl)c1. The molecule has 1 aromatic carbocycles. The normalized spacial score (nSPS) is 12.6. The highest BCUT2D eigenvalue weighted by molar-refractivity contribution is 6.30. The van der Waals surface area contributed by atoms with Gasteiger partial charge in [0.05, 0.1) is 12.7 Å². The number of hydrogen-bond donors (Lipinski definition) is 1. The van der Waals surface area contributed by atoms with Crippen LogP contribution in [-0.2, 0) is 6.54 Å². The highest BCUT2D eigenvalue weighted by atomic mass is 35.5. The molecular formula is C13H15ClN2O. The van der Waals surface area contributed by atoms with E-state index < -0.39 is 0 Å². The summed E-state index contributed by atoms with van der Waals surface area (Å²) < 4.78 is 5.05. The van der Waals surface area contributed by atoms with Gasteiger partial charge in [0, 0.05) is 17.1 Å². The third kappa shape index (κ3) is 3.32. The molecule has 0 saturated carbocycles. The predicted molar refractivity (Wildman–Crippen MR) is 67.8 cm³/mol. The summed E-state index contributed by atoms with van der Waals surface area (Å²) in [4.78, 5) is 0. The molecule has 17 heavy (non-hydrogen) atoms. The molecule has 2 aromatic rings. The Morgan fingerprint density at radius 3 is 2.94 bits per heavy atom. The molecule has 1 heterocycles. The molecule has 0 aliphatic rings. The van der Waals surface area contributed by atoms with Crippen LogP contribution < -0.4 is 5.32 Å². The van der Waals surface area contributed by atoms with Crippen molar-refractivity contribution >= 4 is 11.6 Å². The lowest BCUT2D eigenvalue weighted by molar-refractivity contribution is 0.362. The minimum atomic E-state index is 0.277. The number of benzene rings is 1. The zero-order chi connectivity index (χ0) is 12.1. The second-order valence-electron chi connectivity index (χ2n) is 3.88. The highest BCUT2D eigenvalue weighted by Crippen LogP contribution is 2.20. The average molecular weight is 251 g/mol. The van der Waals surface area contributed by atoms with Crippen molar-refractivity contribution in [3.05, 3.63) is 52.9 Å². The van der Waals surface area contributed by atoms with Crippen molar-refractivity contribution in [2.24, 2.45) is 0 Å². The summed E-state index contributed by atoms with van der Waals surface area (Å²) in [5.74, 6) is 0.838. The van der Waals surface area contributed by atoms with E-state index in [-0.39, 0.29) is 6.04 Å². The van der Waals surface area contributed by atoms with Crippen LogP contribution in [0, 0.1) is 0 Å². The smallest absolute Gasteiger partial charge is 0.150 e. The van der Waals surface area contributed by atoms with E-state index in [1.165, 1.54) is 5.56 Å². The number of nitrogens with one attached hydrogen (secondary N) is 1. The van der Waals surface area contributed by atoms with E-state index in [9.17, 15) is 0 Å². The second kappa shape index (κ2) is 5.84. The number of rotatable bonds is 5. The maximum atomic E-state index is 5.99. The monoisotopic (exact) mass is 250 g/mol. The molecule has 0 fully saturated rings. The first-order chi connectivity index (χ1) is 8.29. The molecule has 0 saturated heterocycles. The Morgan fingerprint density at radius 2 is 2.29 bits per heavy atom. The van der Waals surface area contributed by atoms with Gasteiger partial charge < -0.3 is 9.84 Å². The lowest BCUT2D eigenvalue weighted by Gasteiger charge is -2.16. The van der Waals surface area contributed by atoms with Crippen LogP contribution in [-0.4, -0.2) is 5.16 Å². The van der Waals surface area contributed by atoms with Crippen LogP contribution in [0.3, 0.4) is 0 Å². The van der Waals surface area contributed by atoms with Gasteiger partial charge >= 0.3 is 0 Å². The lowest BCUT2D eigenvalue weighted by atomic mass is 10.0. The van der Waals surface area contributed by atoms with Crippen LogP contribution in [0.4, 0.5) is 0 Å². The van der Waals surface area contributed by atoms with E-state index in [0.717, 1.165) is 17.2 Å². The quantitative estimate of drug-likeness (QED) is 0.882. The van der Waals surface area contributed by atoms with Crippen LogP contribution in [0.1, 0.15) is 30.7 Å². The summed E-state index contributed by atoms with van der Waals surface area (Å²) in [7, 11) is 0. The molecule has 0 aliphatic heterocycles. The maximum absolute atomic E-state index is 5.99. The van der Waals surface area contributed by atoms with Crippen molar-refractivity contribution in [2.75, 3.05) is 0 Å². The molecule has 90 valence electrons. The molecule has 2 rings (SSSR count). The Kier molecular flexibility index (Phi) is 4.18. The van der Waals surface area contributed by atoms with Gasteiger partial charge in [-0.25, -0.2) is 0 Å². The van der Waals surface area contributed by atoms with Gasteiger partial charge in [-0.1, -0.05) is 35.8 Å². The molecule has 1 unspecified atom stereocenters. The molecule has 4 heteroatoms. The molecule has 1 atom stereocenters. The first kappa shape index (κ1) is 12.1. The molecule has 0 amide bonds. The molecule has 3 nitrogen and oxygen atoms in total. The Bertz CT molecular complexity index is 456. The fourth-order valence-electron chi connectivity index (χ4n) is 1.78. The minimum Gasteiger partial charge on any atom is -0.360 e. The van der Waals surface area contributed by atoms with Crippen molar-refractivity contribution in [3.63, 3.8) is 0 Å². The van der Waals surface area contributed by atoms with Gasteiger partial charge in [0.25, 0.3) is 0 Å². The zero-order valence-electron chi connectivity index (χ0n) is 9.69. The first-order valence-electron chi connectivity index (χ1n) is 5.68. The Morgan fingerprint density at radius 1 is 1.41 bits per heavy atom. The molecule has 1 N–H and O–H groups in total. The number of hydrogen-bond acceptors (Lipinski definition) is 3. The highest BCUT2D eigenvalue weighted by Gasteiger charge is 2.09. The summed E-state index contributed by atoms with van der Waals surface area (Å²) in [5, 5.41) is 7.87. The Balaban J connectivity index is 2.01. The van der Waals surface area contributed by atoms with E-state index in [4.69, 9.17) is 16.1 Å². The van der Waals surface area contributed by atoms with E-state index in [1.54, 1.807) is 6.20 Å². The molecule has 0 spiro atoms. The number of halogens is 1. The third-order valence-electron chi connectivity index (χ3n) is 2.67. The Labute approximate surface area is 106 Å². The van der Waals surface area contributed by atoms with Gasteiger partial charge in [-0.2, -0.15) is 0 Å². The van der Waals surface area contributed by atoms with Gasteiger partial charge in [-0.15, -0.1) is 0 Å². The fourth-order valence-corrected chi connectivity index (χ4v) is 1.98. The van der Waals surface area contributed by atoms with E-state index in [1.807, 2.05) is 24.3 Å². The summed E-state index contributed by atoms with van der Waals surface area (Å²) in [6, 6.07) is 10.1. The van der Waals surface area contributed by atoms with Crippen LogP contribution in [0.25, 0.3) is 0 Å². The first-order valence-corrected chi connectivity index (χ1v) is 6.06. The van der Waals surface area contributed by atoms with Crippen LogP contribution in [0.15, 0.2) is 41.1 Å². The van der Waals surface area contributed by atoms with Crippen molar-refractivity contribution in [1.82, 2.24) is 10.5 Å². The molecule has 0 aliphatic carbocycles. The van der Waals surface area contributed by atoms with Gasteiger partial charge in [-0.3, -0.25) is 0 Å². The molecule has 0 bridgehead atoms. The molecule has 0 radical (unpaired) electrons. The standard InChI is InChI=1S/C13H15ClN2O/c1-2-13(10-4-3-5-11(14)8-10)15-9-12-6-7-16-17-12/h3-8,13,15H,2,9H2,1H3. The molecular weight excluding hydrogens is 236 g/mol. The van der Waals surface area contributed by atoms with Gasteiger partial charge in [0.2, 0.25) is 0 Å². The maximum Gasteiger partial charge on any atom is 0.150 e. The Hall–Kier alpha value is -1.32. The zero-order valence-corrected chi connectivity index (χ0v) is 10.4. The second-order valence-corrected chi connectivity index (χ2v) is 4.31. The van der Waals surface area contributed by atoms with Crippen molar-refractivity contribution in [3.8, 4) is 0 Å². The van der Waals surface area contributed by atoms with E-state index in [2.05, 4.69) is 23.5 Å². The fraction of sp³-hybridized carbons (Fsp3) is 0.308. The van der Waals surface area contributed by atoms with Crippen LogP contribution in [0.2, 0.25) is 5.02 Å². The summed E-state index contributed by atoms with van der Waals surface area (Å²) in [6.45, 7) is 2.81. The molecule has 1 aromatic heterocycles. The summed E-state index contributed by atoms with van der Waals surface area (Å²) in [5.41, 5.74) is 1.19. The van der Waals surface area contributed by atoms with Crippen LogP contribution in [0.5, 0.6) is 0 Å². The average Bonchev–Trinajstić information content (AvgIpc) is 2.83. The van der Waals surface area contributed by atoms with Gasteiger partial charge in [0.15, 0.2) is 0 Å². The summed E-state index contributed by atoms with van der Waals surface area (Å²) in [6.07, 6.45) is 2.64. The number of aromatic nitrogens is 1. The van der Waals surface area contributed by atoms with E-state index >= 15 is 0 Å². The minimum absolute atomic E-state index is 0.277. The van der Waals surface area contributed by atoms with E-state index in [0.29, 0.717) is 6.54 Å². The van der Waals surface area contributed by atoms with Gasteiger partial charge in [0.1, 0.15) is 5.76 Å². The lowest BCUT2D eigenvalue weighted by Crippen LogP contribution is -2.19. The number of nitrogens with zero attached hydrogens (tertiary/aromatic N) is 1. The van der Waals surface area contributed by atoms with Gasteiger partial charge in [-0.05, 0) is 24.1 Å². The van der Waals surface area contributed by atoms with Crippen LogP contribution >= 0.6 is 11.6 Å². The topological polar surface area (TPSA) is 38.1 Å². The summed E-state index contributed by atoms with van der Waals surface area (Å²) >= 11 is 5.99. The largest absolute Gasteiger partial charge is 0.360 e. The van der Waals surface area contributed by atoms with Crippen molar-refractivity contribution in [2.45, 2.75) is 25.9 Å².